The smallest absolute Gasteiger partial charge is 0.338 e. The van der Waals surface area contributed by atoms with Crippen LogP contribution in [0.1, 0.15) is 0 Å². The van der Waals surface area contributed by atoms with E-state index < -0.39 is 17.9 Å². The zero-order chi connectivity index (χ0) is 9.56. The number of esters is 2. The number of aliphatic carboxylic acids is 1. The number of carbonyl (C=O) groups excluding carboxylic acids is 2. The Balaban J connectivity index is 0. The van der Waals surface area contributed by atoms with Gasteiger partial charge in [-0.3, -0.25) is 0 Å². The van der Waals surface area contributed by atoms with Crippen LogP contribution >= 0.6 is 0 Å². The molecule has 0 aliphatic rings. The zero-order valence-corrected chi connectivity index (χ0v) is 9.02. The normalized spacial score (nSPS) is 8.62. The first kappa shape index (κ1) is 14.6. The van der Waals surface area contributed by atoms with Crippen LogP contribution in [0.4, 0.5) is 0 Å². The summed E-state index contributed by atoms with van der Waals surface area (Å²) >= 11 is 0. The number of rotatable bonds is 3. The second-order valence-corrected chi connectivity index (χ2v) is 1.62. The number of hydrogen-bond donors (Lipinski definition) is 1. The van der Waals surface area contributed by atoms with E-state index in [1.807, 2.05) is 0 Å². The van der Waals surface area contributed by atoms with E-state index in [1.54, 1.807) is 0 Å². The molecule has 0 fully saturated rings. The molecule has 0 unspecified atom stereocenters. The van der Waals surface area contributed by atoms with Gasteiger partial charge in [-0.1, -0.05) is 6.58 Å². The molecule has 0 heterocycles. The molecule has 0 aromatic carbocycles. The molecule has 0 saturated carbocycles. The van der Waals surface area contributed by atoms with Crippen LogP contribution in [-0.2, 0) is 19.1 Å². The molecule has 0 aromatic rings. The summed E-state index contributed by atoms with van der Waals surface area (Å²) in [5, 5.41) is 8.05. The van der Waals surface area contributed by atoms with E-state index in [4.69, 9.17) is 5.11 Å². The minimum atomic E-state index is -1.29. The van der Waals surface area contributed by atoms with Crippen molar-refractivity contribution in [1.29, 1.82) is 0 Å². The summed E-state index contributed by atoms with van der Waals surface area (Å²) < 4.78 is 4.00. The van der Waals surface area contributed by atoms with Crippen LogP contribution < -0.4 is 0 Å². The van der Waals surface area contributed by atoms with Gasteiger partial charge >= 0.3 is 17.9 Å². The van der Waals surface area contributed by atoms with Crippen molar-refractivity contribution in [3.8, 4) is 0 Å². The summed E-state index contributed by atoms with van der Waals surface area (Å²) in [5.74, 6) is -3.25. The Kier molecular flexibility index (Phi) is 8.68. The van der Waals surface area contributed by atoms with Crippen molar-refractivity contribution in [2.75, 3.05) is 0 Å². The Labute approximate surface area is 96.4 Å². The van der Waals surface area contributed by atoms with Crippen molar-refractivity contribution in [3.05, 3.63) is 24.8 Å². The van der Waals surface area contributed by atoms with Crippen molar-refractivity contribution < 1.29 is 24.2 Å². The maximum atomic E-state index is 10.5. The molecule has 5 nitrogen and oxygen atoms in total. The topological polar surface area (TPSA) is 80.7 Å². The van der Waals surface area contributed by atoms with Gasteiger partial charge in [0.1, 0.15) is 0 Å². The van der Waals surface area contributed by atoms with E-state index in [1.165, 1.54) is 0 Å². The van der Waals surface area contributed by atoms with E-state index in [0.29, 0.717) is 12.2 Å². The Hall–Kier alpha value is -0.910. The summed E-state index contributed by atoms with van der Waals surface area (Å²) in [6.45, 7) is 3.04. The summed E-state index contributed by atoms with van der Waals surface area (Å²) in [5.41, 5.74) is 0. The van der Waals surface area contributed by atoms with Crippen molar-refractivity contribution in [1.82, 2.24) is 0 Å². The maximum absolute atomic E-state index is 10.5. The number of hydrogen-bond acceptors (Lipinski definition) is 4. The summed E-state index contributed by atoms with van der Waals surface area (Å²) in [4.78, 5) is 30.7. The van der Waals surface area contributed by atoms with Crippen molar-refractivity contribution in [2.45, 2.75) is 0 Å². The maximum Gasteiger partial charge on any atom is 0.338 e. The SMILES string of the molecule is C=CC(=O)OC(=O)/C=C\C(=O)O.[Na]. The molecule has 0 aromatic heterocycles. The van der Waals surface area contributed by atoms with E-state index in [9.17, 15) is 14.4 Å². The van der Waals surface area contributed by atoms with Crippen LogP contribution in [0, 0.1) is 0 Å². The van der Waals surface area contributed by atoms with Gasteiger partial charge in [-0.05, 0) is 0 Å². The Morgan fingerprint density at radius 1 is 1.15 bits per heavy atom. The molecular formula is C7H6NaO5. The predicted molar refractivity (Wildman–Crippen MR) is 43.8 cm³/mol. The standard InChI is InChI=1S/C7H6O5.Na/c1-2-6(10)12-7(11)4-3-5(8)9;/h2-4H,1H2,(H,8,9);/b4-3-;. The Morgan fingerprint density at radius 2 is 1.69 bits per heavy atom. The second kappa shape index (κ2) is 7.72. The molecule has 0 spiro atoms. The molecular weight excluding hydrogens is 187 g/mol. The van der Waals surface area contributed by atoms with Gasteiger partial charge in [-0.25, -0.2) is 14.4 Å². The van der Waals surface area contributed by atoms with Gasteiger partial charge in [0.2, 0.25) is 0 Å². The van der Waals surface area contributed by atoms with E-state index in [-0.39, 0.29) is 29.6 Å². The predicted octanol–water partition coefficient (Wildman–Crippen LogP) is -0.498. The molecule has 0 aliphatic carbocycles. The number of carbonyl (C=O) groups is 3. The first-order chi connectivity index (χ1) is 5.56. The largest absolute Gasteiger partial charge is 0.478 e. The van der Waals surface area contributed by atoms with Gasteiger partial charge < -0.3 is 9.84 Å². The number of carboxylic acid groups (broad SMARTS) is 1. The molecule has 6 heteroatoms. The molecule has 0 aliphatic heterocycles. The third-order valence-electron chi connectivity index (χ3n) is 0.730. The van der Waals surface area contributed by atoms with E-state index >= 15 is 0 Å². The van der Waals surface area contributed by atoms with Crippen LogP contribution in [0.5, 0.6) is 0 Å². The summed E-state index contributed by atoms with van der Waals surface area (Å²) in [6.07, 6.45) is 1.99. The monoisotopic (exact) mass is 193 g/mol. The zero-order valence-electron chi connectivity index (χ0n) is 7.02. The molecule has 65 valence electrons. The molecule has 0 amide bonds. The van der Waals surface area contributed by atoms with Gasteiger partial charge in [-0.2, -0.15) is 0 Å². The van der Waals surface area contributed by atoms with Gasteiger partial charge in [0.05, 0.1) is 0 Å². The van der Waals surface area contributed by atoms with Gasteiger partial charge in [-0.15, -0.1) is 0 Å². The van der Waals surface area contributed by atoms with Gasteiger partial charge in [0.15, 0.2) is 0 Å². The van der Waals surface area contributed by atoms with Crippen LogP contribution in [0.15, 0.2) is 24.8 Å². The molecule has 1 N–H and O–H groups in total. The number of ether oxygens (including phenoxy) is 1. The third-order valence-corrected chi connectivity index (χ3v) is 0.730. The molecule has 1 radical (unpaired) electrons. The van der Waals surface area contributed by atoms with Crippen LogP contribution in [-0.4, -0.2) is 52.6 Å². The Morgan fingerprint density at radius 3 is 2.08 bits per heavy atom. The average molecular weight is 193 g/mol. The fourth-order valence-corrected chi connectivity index (χ4v) is 0.314. The summed E-state index contributed by atoms with van der Waals surface area (Å²) in [7, 11) is 0. The minimum absolute atomic E-state index is 0. The second-order valence-electron chi connectivity index (χ2n) is 1.62. The summed E-state index contributed by atoms with van der Waals surface area (Å²) in [6, 6.07) is 0. The van der Waals surface area contributed by atoms with Gasteiger partial charge in [0, 0.05) is 47.8 Å². The fourth-order valence-electron chi connectivity index (χ4n) is 0.314. The molecule has 0 rings (SSSR count). The van der Waals surface area contributed by atoms with E-state index in [0.717, 1.165) is 6.08 Å². The quantitative estimate of drug-likeness (QED) is 0.283. The Bertz CT molecular complexity index is 256. The molecule has 0 saturated heterocycles. The minimum Gasteiger partial charge on any atom is -0.478 e. The first-order valence-electron chi connectivity index (χ1n) is 2.85. The molecule has 13 heavy (non-hydrogen) atoms. The van der Waals surface area contributed by atoms with Crippen LogP contribution in [0.2, 0.25) is 0 Å². The average Bonchev–Trinajstić information content (AvgIpc) is 2.00. The molecule has 0 bridgehead atoms. The van der Waals surface area contributed by atoms with E-state index in [2.05, 4.69) is 11.3 Å². The third kappa shape index (κ3) is 9.00. The van der Waals surface area contributed by atoms with Crippen molar-refractivity contribution in [2.24, 2.45) is 0 Å². The van der Waals surface area contributed by atoms with Crippen LogP contribution in [0.25, 0.3) is 0 Å². The fraction of sp³-hybridized carbons (Fsp3) is 0. The number of carboxylic acids is 1. The molecule has 0 atom stereocenters. The van der Waals surface area contributed by atoms with Gasteiger partial charge in [0.25, 0.3) is 0 Å². The first-order valence-corrected chi connectivity index (χ1v) is 2.85. The van der Waals surface area contributed by atoms with Crippen molar-refractivity contribution >= 4 is 47.5 Å². The van der Waals surface area contributed by atoms with Crippen LogP contribution in [0.3, 0.4) is 0 Å². The van der Waals surface area contributed by atoms with Crippen molar-refractivity contribution in [3.63, 3.8) is 0 Å².